The highest BCUT2D eigenvalue weighted by atomic mass is 127. The average molecular weight is 358 g/mol. The van der Waals surface area contributed by atoms with E-state index in [9.17, 15) is 39.5 Å². The SMILES string of the molecule is FC(=C(C(F)(F)F)C(F)(F)F)C(F)(F)I. The van der Waals surface area contributed by atoms with Gasteiger partial charge in [-0.3, -0.25) is 0 Å². The summed E-state index contributed by atoms with van der Waals surface area (Å²) in [5, 5.41) is 0. The van der Waals surface area contributed by atoms with E-state index in [1.54, 1.807) is 0 Å². The molecule has 0 aromatic heterocycles. The van der Waals surface area contributed by atoms with Gasteiger partial charge in [-0.05, 0) is 0 Å². The largest absolute Gasteiger partial charge is 0.424 e. The van der Waals surface area contributed by atoms with Crippen molar-refractivity contribution in [1.29, 1.82) is 0 Å². The van der Waals surface area contributed by atoms with Crippen molar-refractivity contribution in [3.8, 4) is 0 Å². The van der Waals surface area contributed by atoms with Crippen LogP contribution in [0.15, 0.2) is 11.4 Å². The van der Waals surface area contributed by atoms with Crippen LogP contribution in [-0.4, -0.2) is 16.3 Å². The minimum Gasteiger partial charge on any atom is -0.204 e. The summed E-state index contributed by atoms with van der Waals surface area (Å²) in [5.74, 6) is -3.55. The lowest BCUT2D eigenvalue weighted by Gasteiger charge is -2.17. The maximum absolute atomic E-state index is 12.2. The molecule has 0 saturated heterocycles. The Hall–Kier alpha value is -0.160. The van der Waals surface area contributed by atoms with Gasteiger partial charge in [0.25, 0.3) is 0 Å². The fourth-order valence-electron chi connectivity index (χ4n) is 0.551. The van der Waals surface area contributed by atoms with Crippen LogP contribution in [0.5, 0.6) is 0 Å². The second-order valence-corrected chi connectivity index (χ2v) is 3.54. The second kappa shape index (κ2) is 4.01. The number of allylic oxidation sites excluding steroid dienone is 2. The highest BCUT2D eigenvalue weighted by Gasteiger charge is 2.57. The Kier molecular flexibility index (Phi) is 3.97. The summed E-state index contributed by atoms with van der Waals surface area (Å²) in [6.45, 7) is 0. The molecule has 0 nitrogen and oxygen atoms in total. The summed E-state index contributed by atoms with van der Waals surface area (Å²) in [7, 11) is 0. The van der Waals surface area contributed by atoms with Gasteiger partial charge in [0.2, 0.25) is 0 Å². The van der Waals surface area contributed by atoms with E-state index in [0.29, 0.717) is 0 Å². The molecule has 0 spiro atoms. The molecule has 0 heterocycles. The van der Waals surface area contributed by atoms with Crippen LogP contribution in [0.25, 0.3) is 0 Å². The molecular weight excluding hydrogens is 358 g/mol. The van der Waals surface area contributed by atoms with Crippen molar-refractivity contribution in [2.75, 3.05) is 0 Å². The molecule has 0 aliphatic heterocycles. The highest BCUT2D eigenvalue weighted by molar-refractivity contribution is 14.1. The summed E-state index contributed by atoms with van der Waals surface area (Å²) in [5.41, 5.74) is -3.82. The maximum atomic E-state index is 12.2. The summed E-state index contributed by atoms with van der Waals surface area (Å²) < 4.78 is 101. The van der Waals surface area contributed by atoms with Gasteiger partial charge in [-0.25, -0.2) is 4.39 Å². The van der Waals surface area contributed by atoms with Crippen LogP contribution in [0.2, 0.25) is 0 Å². The van der Waals surface area contributed by atoms with E-state index >= 15 is 0 Å². The standard InChI is InChI=1S/C5F9I/c6-2(5(13,14)15)1(3(7,8)9)4(10,11)12. The number of hydrogen-bond donors (Lipinski definition) is 0. The molecule has 0 N–H and O–H groups in total. The molecule has 0 aliphatic carbocycles. The van der Waals surface area contributed by atoms with Gasteiger partial charge in [0.15, 0.2) is 11.4 Å². The van der Waals surface area contributed by atoms with E-state index in [0.717, 1.165) is 0 Å². The molecule has 0 rings (SSSR count). The summed E-state index contributed by atoms with van der Waals surface area (Å²) in [6.07, 6.45) is -12.5. The molecule has 0 amide bonds. The Morgan fingerprint density at radius 1 is 0.733 bits per heavy atom. The van der Waals surface area contributed by atoms with Crippen LogP contribution in [0.4, 0.5) is 39.5 Å². The van der Waals surface area contributed by atoms with Crippen molar-refractivity contribution in [3.63, 3.8) is 0 Å². The monoisotopic (exact) mass is 358 g/mol. The Bertz CT molecular complexity index is 248. The first-order valence-electron chi connectivity index (χ1n) is 2.89. The van der Waals surface area contributed by atoms with E-state index in [4.69, 9.17) is 0 Å². The van der Waals surface area contributed by atoms with Gasteiger partial charge >= 0.3 is 16.3 Å². The van der Waals surface area contributed by atoms with Crippen molar-refractivity contribution in [3.05, 3.63) is 11.4 Å². The van der Waals surface area contributed by atoms with Crippen molar-refractivity contribution in [2.24, 2.45) is 0 Å². The topological polar surface area (TPSA) is 0 Å². The minimum atomic E-state index is -6.23. The molecule has 0 atom stereocenters. The first kappa shape index (κ1) is 14.8. The molecule has 0 aromatic rings. The lowest BCUT2D eigenvalue weighted by atomic mass is 10.2. The van der Waals surface area contributed by atoms with E-state index in [1.165, 1.54) is 0 Å². The lowest BCUT2D eigenvalue weighted by molar-refractivity contribution is -0.176. The maximum Gasteiger partial charge on any atom is 0.424 e. The van der Waals surface area contributed by atoms with E-state index in [-0.39, 0.29) is 22.6 Å². The van der Waals surface area contributed by atoms with Gasteiger partial charge in [0.05, 0.1) is 0 Å². The summed E-state index contributed by atoms with van der Waals surface area (Å²) in [6, 6.07) is 0. The lowest BCUT2D eigenvalue weighted by Crippen LogP contribution is -2.30. The zero-order valence-electron chi connectivity index (χ0n) is 6.28. The molecule has 0 radical (unpaired) electrons. The molecule has 0 bridgehead atoms. The van der Waals surface area contributed by atoms with Gasteiger partial charge in [0.1, 0.15) is 0 Å². The molecular formula is C5F9I. The average Bonchev–Trinajstić information content (AvgIpc) is 1.76. The van der Waals surface area contributed by atoms with Crippen LogP contribution in [-0.2, 0) is 0 Å². The number of alkyl halides is 9. The molecule has 15 heavy (non-hydrogen) atoms. The van der Waals surface area contributed by atoms with E-state index in [1.807, 2.05) is 0 Å². The Labute approximate surface area is 90.3 Å². The number of rotatable bonds is 1. The molecule has 10 heteroatoms. The van der Waals surface area contributed by atoms with E-state index < -0.39 is 27.7 Å². The Morgan fingerprint density at radius 2 is 1.00 bits per heavy atom. The quantitative estimate of drug-likeness (QED) is 0.371. The zero-order valence-corrected chi connectivity index (χ0v) is 8.44. The first-order chi connectivity index (χ1) is 6.28. The van der Waals surface area contributed by atoms with Crippen LogP contribution < -0.4 is 0 Å². The molecule has 0 unspecified atom stereocenters. The van der Waals surface area contributed by atoms with Crippen molar-refractivity contribution in [1.82, 2.24) is 0 Å². The third-order valence-corrected chi connectivity index (χ3v) is 1.51. The van der Waals surface area contributed by atoms with E-state index in [2.05, 4.69) is 0 Å². The zero-order chi connectivity index (χ0) is 12.7. The Balaban J connectivity index is 5.71. The van der Waals surface area contributed by atoms with Crippen molar-refractivity contribution >= 4 is 22.6 Å². The normalized spacial score (nSPS) is 14.0. The molecule has 0 fully saturated rings. The van der Waals surface area contributed by atoms with Gasteiger partial charge in [-0.2, -0.15) is 35.1 Å². The first-order valence-corrected chi connectivity index (χ1v) is 3.97. The van der Waals surface area contributed by atoms with Crippen LogP contribution >= 0.6 is 22.6 Å². The fraction of sp³-hybridized carbons (Fsp3) is 0.600. The predicted molar refractivity (Wildman–Crippen MR) is 39.2 cm³/mol. The second-order valence-electron chi connectivity index (χ2n) is 2.18. The third kappa shape index (κ3) is 4.07. The predicted octanol–water partition coefficient (Wildman–Crippen LogP) is 4.36. The number of halogens is 10. The molecule has 90 valence electrons. The molecule has 0 saturated carbocycles. The van der Waals surface area contributed by atoms with Crippen LogP contribution in [0.3, 0.4) is 0 Å². The Morgan fingerprint density at radius 3 is 1.07 bits per heavy atom. The van der Waals surface area contributed by atoms with Gasteiger partial charge in [-0.1, -0.05) is 0 Å². The summed E-state index contributed by atoms with van der Waals surface area (Å²) in [4.78, 5) is 0. The van der Waals surface area contributed by atoms with Crippen LogP contribution in [0.1, 0.15) is 0 Å². The van der Waals surface area contributed by atoms with Crippen molar-refractivity contribution < 1.29 is 39.5 Å². The number of hydrogen-bond acceptors (Lipinski definition) is 0. The fourth-order valence-corrected chi connectivity index (χ4v) is 0.821. The smallest absolute Gasteiger partial charge is 0.204 e. The highest BCUT2D eigenvalue weighted by Crippen LogP contribution is 2.46. The minimum absolute atomic E-state index is 0.168. The summed E-state index contributed by atoms with van der Waals surface area (Å²) >= 11 is -0.168. The van der Waals surface area contributed by atoms with Crippen molar-refractivity contribution in [2.45, 2.75) is 16.3 Å². The molecule has 0 aliphatic rings. The van der Waals surface area contributed by atoms with Gasteiger partial charge < -0.3 is 0 Å². The van der Waals surface area contributed by atoms with Gasteiger partial charge in [-0.15, -0.1) is 0 Å². The molecule has 0 aromatic carbocycles. The third-order valence-electron chi connectivity index (χ3n) is 1.04. The van der Waals surface area contributed by atoms with Gasteiger partial charge in [0, 0.05) is 22.6 Å². The van der Waals surface area contributed by atoms with Crippen LogP contribution in [0, 0.1) is 0 Å².